The van der Waals surface area contributed by atoms with Gasteiger partial charge in [0.15, 0.2) is 0 Å². The van der Waals surface area contributed by atoms with Crippen molar-refractivity contribution < 1.29 is 14.7 Å². The molecule has 0 spiro atoms. The molecular weight excluding hydrogens is 266 g/mol. The van der Waals surface area contributed by atoms with E-state index in [4.69, 9.17) is 16.7 Å². The second kappa shape index (κ2) is 7.79. The molecule has 104 valence electrons. The Morgan fingerprint density at radius 3 is 2.37 bits per heavy atom. The summed E-state index contributed by atoms with van der Waals surface area (Å²) >= 11 is 5.68. The summed E-state index contributed by atoms with van der Waals surface area (Å²) < 4.78 is 0. The lowest BCUT2D eigenvalue weighted by atomic mass is 10.1. The van der Waals surface area contributed by atoms with Gasteiger partial charge in [0, 0.05) is 25.4 Å². The van der Waals surface area contributed by atoms with Crippen molar-refractivity contribution in [3.63, 3.8) is 0 Å². The number of carbonyl (C=O) groups excluding carboxylic acids is 1. The molecule has 0 aromatic heterocycles. The summed E-state index contributed by atoms with van der Waals surface area (Å²) in [7, 11) is 0. The van der Waals surface area contributed by atoms with Gasteiger partial charge >= 0.3 is 5.97 Å². The van der Waals surface area contributed by atoms with E-state index in [2.05, 4.69) is 0 Å². The molecule has 1 N–H and O–H groups in total. The lowest BCUT2D eigenvalue weighted by molar-refractivity contribution is -0.141. The van der Waals surface area contributed by atoms with Crippen molar-refractivity contribution in [3.8, 4) is 0 Å². The van der Waals surface area contributed by atoms with E-state index in [1.54, 1.807) is 4.90 Å². The van der Waals surface area contributed by atoms with Crippen LogP contribution in [-0.2, 0) is 16.1 Å². The molecule has 0 aliphatic heterocycles. The Morgan fingerprint density at radius 2 is 1.84 bits per heavy atom. The summed E-state index contributed by atoms with van der Waals surface area (Å²) in [5, 5.41) is 8.60. The first-order valence-electron chi connectivity index (χ1n) is 6.14. The third kappa shape index (κ3) is 5.75. The highest BCUT2D eigenvalue weighted by atomic mass is 35.5. The summed E-state index contributed by atoms with van der Waals surface area (Å²) in [6, 6.07) is 7.88. The number of halogens is 1. The molecule has 5 heteroatoms. The van der Waals surface area contributed by atoms with Crippen LogP contribution in [0.15, 0.2) is 24.3 Å². The van der Waals surface area contributed by atoms with Crippen molar-refractivity contribution in [2.45, 2.75) is 26.3 Å². The molecule has 1 rings (SSSR count). The van der Waals surface area contributed by atoms with Gasteiger partial charge in [0.25, 0.3) is 0 Å². The van der Waals surface area contributed by atoms with Gasteiger partial charge in [0.1, 0.15) is 0 Å². The van der Waals surface area contributed by atoms with Gasteiger partial charge in [-0.1, -0.05) is 29.8 Å². The number of alkyl halides is 1. The molecule has 4 nitrogen and oxygen atoms in total. The van der Waals surface area contributed by atoms with Crippen molar-refractivity contribution in [3.05, 3.63) is 35.4 Å². The molecule has 1 aromatic carbocycles. The van der Waals surface area contributed by atoms with E-state index in [-0.39, 0.29) is 18.7 Å². The van der Waals surface area contributed by atoms with E-state index in [1.807, 2.05) is 31.2 Å². The Morgan fingerprint density at radius 1 is 1.21 bits per heavy atom. The maximum absolute atomic E-state index is 11.9. The molecule has 0 atom stereocenters. The van der Waals surface area contributed by atoms with Crippen LogP contribution in [0.3, 0.4) is 0 Å². The SMILES string of the molecule is Cc1ccc(CN(CCCl)C(=O)CCC(=O)O)cc1. The molecule has 1 amide bonds. The highest BCUT2D eigenvalue weighted by Gasteiger charge is 2.14. The molecule has 19 heavy (non-hydrogen) atoms. The van der Waals surface area contributed by atoms with Crippen LogP contribution in [0.4, 0.5) is 0 Å². The van der Waals surface area contributed by atoms with Gasteiger partial charge in [-0.25, -0.2) is 0 Å². The van der Waals surface area contributed by atoms with Gasteiger partial charge in [-0.05, 0) is 12.5 Å². The van der Waals surface area contributed by atoms with E-state index in [0.29, 0.717) is 19.0 Å². The van der Waals surface area contributed by atoms with Crippen LogP contribution in [0, 0.1) is 6.92 Å². The van der Waals surface area contributed by atoms with Gasteiger partial charge in [-0.15, -0.1) is 11.6 Å². The summed E-state index contributed by atoms with van der Waals surface area (Å²) in [5.41, 5.74) is 2.17. The number of aryl methyl sites for hydroxylation is 1. The molecule has 0 aliphatic carbocycles. The van der Waals surface area contributed by atoms with E-state index >= 15 is 0 Å². The van der Waals surface area contributed by atoms with Gasteiger partial charge in [0.2, 0.25) is 5.91 Å². The summed E-state index contributed by atoms with van der Waals surface area (Å²) in [5.74, 6) is -0.803. The fraction of sp³-hybridized carbons (Fsp3) is 0.429. The number of amides is 1. The number of benzene rings is 1. The normalized spacial score (nSPS) is 10.2. The maximum atomic E-state index is 11.9. The third-order valence-corrected chi connectivity index (χ3v) is 2.92. The fourth-order valence-electron chi connectivity index (χ4n) is 1.68. The average molecular weight is 284 g/mol. The third-order valence-electron chi connectivity index (χ3n) is 2.75. The van der Waals surface area contributed by atoms with Crippen molar-refractivity contribution in [2.24, 2.45) is 0 Å². The molecule has 1 aromatic rings. The number of rotatable bonds is 7. The minimum atomic E-state index is -0.963. The minimum absolute atomic E-state index is 0.0120. The summed E-state index contributed by atoms with van der Waals surface area (Å²) in [4.78, 5) is 24.0. The Bertz CT molecular complexity index is 431. The van der Waals surface area contributed by atoms with E-state index in [1.165, 1.54) is 0 Å². The zero-order valence-corrected chi connectivity index (χ0v) is 11.7. The molecule has 0 fully saturated rings. The number of carbonyl (C=O) groups is 2. The van der Waals surface area contributed by atoms with Gasteiger partial charge in [-0.2, -0.15) is 0 Å². The second-order valence-electron chi connectivity index (χ2n) is 4.38. The molecule has 0 bridgehead atoms. The van der Waals surface area contributed by atoms with Gasteiger partial charge in [0.05, 0.1) is 6.42 Å². The topological polar surface area (TPSA) is 57.6 Å². The zero-order valence-electron chi connectivity index (χ0n) is 10.9. The molecule has 0 saturated carbocycles. The maximum Gasteiger partial charge on any atom is 0.303 e. The lowest BCUT2D eigenvalue weighted by Gasteiger charge is -2.21. The number of aliphatic carboxylic acids is 1. The largest absolute Gasteiger partial charge is 0.481 e. The monoisotopic (exact) mass is 283 g/mol. The smallest absolute Gasteiger partial charge is 0.303 e. The van der Waals surface area contributed by atoms with Crippen LogP contribution < -0.4 is 0 Å². The predicted molar refractivity (Wildman–Crippen MR) is 74.2 cm³/mol. The van der Waals surface area contributed by atoms with Crippen LogP contribution >= 0.6 is 11.6 Å². The number of carboxylic acids is 1. The Labute approximate surface area is 118 Å². The lowest BCUT2D eigenvalue weighted by Crippen LogP contribution is -2.32. The first-order valence-corrected chi connectivity index (χ1v) is 6.67. The molecule has 0 heterocycles. The van der Waals surface area contributed by atoms with Crippen molar-refractivity contribution in [2.75, 3.05) is 12.4 Å². The number of carboxylic acid groups (broad SMARTS) is 1. The van der Waals surface area contributed by atoms with Crippen molar-refractivity contribution in [1.29, 1.82) is 0 Å². The van der Waals surface area contributed by atoms with E-state index in [0.717, 1.165) is 11.1 Å². The van der Waals surface area contributed by atoms with Crippen LogP contribution in [0.1, 0.15) is 24.0 Å². The second-order valence-corrected chi connectivity index (χ2v) is 4.76. The average Bonchev–Trinajstić information content (AvgIpc) is 2.38. The van der Waals surface area contributed by atoms with Gasteiger partial charge < -0.3 is 10.0 Å². The fourth-order valence-corrected chi connectivity index (χ4v) is 1.88. The molecule has 0 radical (unpaired) electrons. The van der Waals surface area contributed by atoms with E-state index in [9.17, 15) is 9.59 Å². The quantitative estimate of drug-likeness (QED) is 0.782. The molecular formula is C14H18ClNO3. The number of nitrogens with zero attached hydrogens (tertiary/aromatic N) is 1. The van der Waals surface area contributed by atoms with Crippen LogP contribution in [-0.4, -0.2) is 34.3 Å². The summed E-state index contributed by atoms with van der Waals surface area (Å²) in [6.07, 6.45) is -0.135. The zero-order chi connectivity index (χ0) is 14.3. The summed E-state index contributed by atoms with van der Waals surface area (Å²) in [6.45, 7) is 2.89. The molecule has 0 aliphatic rings. The molecule has 0 unspecified atom stereocenters. The van der Waals surface area contributed by atoms with Crippen molar-refractivity contribution in [1.82, 2.24) is 4.90 Å². The highest BCUT2D eigenvalue weighted by Crippen LogP contribution is 2.09. The highest BCUT2D eigenvalue weighted by molar-refractivity contribution is 6.18. The van der Waals surface area contributed by atoms with Gasteiger partial charge in [-0.3, -0.25) is 9.59 Å². The number of hydrogen-bond donors (Lipinski definition) is 1. The Kier molecular flexibility index (Phi) is 6.36. The first-order chi connectivity index (χ1) is 9.02. The minimum Gasteiger partial charge on any atom is -0.481 e. The van der Waals surface area contributed by atoms with Crippen LogP contribution in [0.25, 0.3) is 0 Å². The number of hydrogen-bond acceptors (Lipinski definition) is 2. The Balaban J connectivity index is 2.63. The predicted octanol–water partition coefficient (Wildman–Crippen LogP) is 2.43. The van der Waals surface area contributed by atoms with Crippen LogP contribution in [0.5, 0.6) is 0 Å². The van der Waals surface area contributed by atoms with Crippen LogP contribution in [0.2, 0.25) is 0 Å². The Hall–Kier alpha value is -1.55. The molecule has 0 saturated heterocycles. The van der Waals surface area contributed by atoms with E-state index < -0.39 is 5.97 Å². The standard InChI is InChI=1S/C14H18ClNO3/c1-11-2-4-12(5-3-11)10-16(9-8-15)13(17)6-7-14(18)19/h2-5H,6-10H2,1H3,(H,18,19). The van der Waals surface area contributed by atoms with Crippen molar-refractivity contribution >= 4 is 23.5 Å². The first kappa shape index (κ1) is 15.5.